The van der Waals surface area contributed by atoms with Crippen molar-refractivity contribution in [2.75, 3.05) is 5.73 Å². The lowest BCUT2D eigenvalue weighted by Gasteiger charge is -2.06. The van der Waals surface area contributed by atoms with Crippen LogP contribution < -0.4 is 5.73 Å². The molecule has 0 fully saturated rings. The first kappa shape index (κ1) is 14.4. The molecule has 1 heterocycles. The molecule has 0 unspecified atom stereocenters. The Morgan fingerprint density at radius 3 is 2.52 bits per heavy atom. The van der Waals surface area contributed by atoms with Crippen LogP contribution in [0.25, 0.3) is 22.5 Å². The summed E-state index contributed by atoms with van der Waals surface area (Å²) in [5.74, 6) is 1.08. The average Bonchev–Trinajstić information content (AvgIpc) is 2.80. The van der Waals surface area contributed by atoms with Crippen molar-refractivity contribution in [3.05, 3.63) is 57.0 Å². The van der Waals surface area contributed by atoms with E-state index < -0.39 is 0 Å². The van der Waals surface area contributed by atoms with E-state index in [1.807, 2.05) is 49.4 Å². The minimum atomic E-state index is 0.394. The molecule has 3 nitrogen and oxygen atoms in total. The molecule has 21 heavy (non-hydrogen) atoms. The first-order valence-corrected chi connectivity index (χ1v) is 7.92. The second-order valence-electron chi connectivity index (χ2n) is 4.74. The molecule has 2 aromatic carbocycles. The monoisotopic (exact) mass is 406 g/mol. The molecule has 0 aliphatic carbocycles. The van der Waals surface area contributed by atoms with Gasteiger partial charge in [0.2, 0.25) is 0 Å². The quantitative estimate of drug-likeness (QED) is 0.616. The molecule has 0 atom stereocenters. The summed E-state index contributed by atoms with van der Waals surface area (Å²) in [6.45, 7) is 2.03. The fourth-order valence-electron chi connectivity index (χ4n) is 2.29. The molecule has 3 aromatic rings. The first-order chi connectivity index (χ1) is 10.1. The Morgan fingerprint density at radius 1 is 1.05 bits per heavy atom. The first-order valence-electron chi connectivity index (χ1n) is 6.34. The number of hydrogen-bond donors (Lipinski definition) is 1. The van der Waals surface area contributed by atoms with E-state index >= 15 is 0 Å². The number of aromatic nitrogens is 1. The van der Waals surface area contributed by atoms with Crippen LogP contribution in [0.15, 0.2) is 55.9 Å². The zero-order chi connectivity index (χ0) is 15.0. The topological polar surface area (TPSA) is 52.0 Å². The van der Waals surface area contributed by atoms with Gasteiger partial charge in [-0.25, -0.2) is 0 Å². The standard InChI is InChI=1S/C16H12Br2N2O/c1-9-7-12(18)5-6-13(9)15-14(16(19)20-21-15)10-3-2-4-11(17)8-10/h2-8H,1H3,(H2,19,20). The summed E-state index contributed by atoms with van der Waals surface area (Å²) in [5.41, 5.74) is 9.88. The molecule has 0 aliphatic heterocycles. The van der Waals surface area contributed by atoms with Crippen LogP contribution in [0.3, 0.4) is 0 Å². The lowest BCUT2D eigenvalue weighted by molar-refractivity contribution is 0.436. The normalized spacial score (nSPS) is 10.8. The van der Waals surface area contributed by atoms with Gasteiger partial charge in [-0.3, -0.25) is 0 Å². The Balaban J connectivity index is 2.22. The van der Waals surface area contributed by atoms with E-state index in [-0.39, 0.29) is 0 Å². The number of rotatable bonds is 2. The maximum absolute atomic E-state index is 6.01. The molecule has 0 spiro atoms. The summed E-state index contributed by atoms with van der Waals surface area (Å²) in [6, 6.07) is 13.9. The van der Waals surface area contributed by atoms with E-state index in [4.69, 9.17) is 10.3 Å². The molecule has 0 aliphatic rings. The Kier molecular flexibility index (Phi) is 3.87. The number of benzene rings is 2. The molecule has 0 saturated carbocycles. The summed E-state index contributed by atoms with van der Waals surface area (Å²) in [5, 5.41) is 3.94. The van der Waals surface area contributed by atoms with Crippen LogP contribution in [-0.4, -0.2) is 5.16 Å². The van der Waals surface area contributed by atoms with Crippen LogP contribution in [0.1, 0.15) is 5.56 Å². The van der Waals surface area contributed by atoms with Gasteiger partial charge in [0.1, 0.15) is 0 Å². The van der Waals surface area contributed by atoms with Crippen molar-refractivity contribution in [2.45, 2.75) is 6.92 Å². The summed E-state index contributed by atoms with van der Waals surface area (Å²) in [6.07, 6.45) is 0. The smallest absolute Gasteiger partial charge is 0.177 e. The van der Waals surface area contributed by atoms with Gasteiger partial charge in [-0.15, -0.1) is 0 Å². The van der Waals surface area contributed by atoms with E-state index in [1.165, 1.54) is 0 Å². The van der Waals surface area contributed by atoms with Gasteiger partial charge in [-0.2, -0.15) is 0 Å². The fourth-order valence-corrected chi connectivity index (χ4v) is 3.17. The molecule has 0 bridgehead atoms. The predicted octanol–water partition coefficient (Wildman–Crippen LogP) is 5.42. The Hall–Kier alpha value is -1.59. The highest BCUT2D eigenvalue weighted by molar-refractivity contribution is 9.10. The number of halogens is 2. The third-order valence-electron chi connectivity index (χ3n) is 3.26. The number of aryl methyl sites for hydroxylation is 1. The number of nitrogen functional groups attached to an aromatic ring is 1. The van der Waals surface area contributed by atoms with E-state index in [2.05, 4.69) is 37.0 Å². The molecular weight excluding hydrogens is 396 g/mol. The molecule has 0 saturated heterocycles. The van der Waals surface area contributed by atoms with Gasteiger partial charge in [0.25, 0.3) is 0 Å². The maximum atomic E-state index is 6.01. The van der Waals surface area contributed by atoms with E-state index in [9.17, 15) is 0 Å². The average molecular weight is 408 g/mol. The molecule has 5 heteroatoms. The molecule has 0 amide bonds. The molecule has 106 valence electrons. The summed E-state index contributed by atoms with van der Waals surface area (Å²) in [7, 11) is 0. The molecule has 2 N–H and O–H groups in total. The SMILES string of the molecule is Cc1cc(Br)ccc1-c1onc(N)c1-c1cccc(Br)c1. The lowest BCUT2D eigenvalue weighted by atomic mass is 9.99. The van der Waals surface area contributed by atoms with Crippen LogP contribution in [0, 0.1) is 6.92 Å². The van der Waals surface area contributed by atoms with Crippen molar-refractivity contribution >= 4 is 37.7 Å². The Bertz CT molecular complexity index is 812. The highest BCUT2D eigenvalue weighted by Crippen LogP contribution is 2.39. The molecule has 3 rings (SSSR count). The van der Waals surface area contributed by atoms with Crippen LogP contribution >= 0.6 is 31.9 Å². The summed E-state index contributed by atoms with van der Waals surface area (Å²) in [4.78, 5) is 0. The lowest BCUT2D eigenvalue weighted by Crippen LogP contribution is -1.90. The van der Waals surface area contributed by atoms with Gasteiger partial charge in [0.05, 0.1) is 5.56 Å². The maximum Gasteiger partial charge on any atom is 0.177 e. The third-order valence-corrected chi connectivity index (χ3v) is 4.25. The van der Waals surface area contributed by atoms with Crippen LogP contribution in [0.2, 0.25) is 0 Å². The van der Waals surface area contributed by atoms with Gasteiger partial charge in [-0.1, -0.05) is 49.1 Å². The van der Waals surface area contributed by atoms with Gasteiger partial charge < -0.3 is 10.3 Å². The van der Waals surface area contributed by atoms with Gasteiger partial charge in [-0.05, 0) is 48.4 Å². The second kappa shape index (κ2) is 5.66. The fraction of sp³-hybridized carbons (Fsp3) is 0.0625. The van der Waals surface area contributed by atoms with E-state index in [0.29, 0.717) is 11.6 Å². The summed E-state index contributed by atoms with van der Waals surface area (Å²) < 4.78 is 7.50. The van der Waals surface area contributed by atoms with Gasteiger partial charge in [0, 0.05) is 14.5 Å². The third kappa shape index (κ3) is 2.76. The Morgan fingerprint density at radius 2 is 1.81 bits per heavy atom. The van der Waals surface area contributed by atoms with Crippen molar-refractivity contribution < 1.29 is 4.52 Å². The van der Waals surface area contributed by atoms with Crippen molar-refractivity contribution in [3.8, 4) is 22.5 Å². The number of nitrogens with two attached hydrogens (primary N) is 1. The molecular formula is C16H12Br2N2O. The van der Waals surface area contributed by atoms with Crippen LogP contribution in [0.5, 0.6) is 0 Å². The Labute approximate surface area is 139 Å². The van der Waals surface area contributed by atoms with Crippen molar-refractivity contribution in [1.29, 1.82) is 0 Å². The zero-order valence-electron chi connectivity index (χ0n) is 11.2. The minimum Gasteiger partial charge on any atom is -0.380 e. The summed E-state index contributed by atoms with van der Waals surface area (Å²) >= 11 is 6.95. The highest BCUT2D eigenvalue weighted by atomic mass is 79.9. The van der Waals surface area contributed by atoms with E-state index in [1.54, 1.807) is 0 Å². The van der Waals surface area contributed by atoms with Gasteiger partial charge in [0.15, 0.2) is 11.6 Å². The van der Waals surface area contributed by atoms with Crippen LogP contribution in [-0.2, 0) is 0 Å². The van der Waals surface area contributed by atoms with Crippen molar-refractivity contribution in [2.24, 2.45) is 0 Å². The van der Waals surface area contributed by atoms with Crippen molar-refractivity contribution in [1.82, 2.24) is 5.16 Å². The second-order valence-corrected chi connectivity index (χ2v) is 6.57. The number of anilines is 1. The zero-order valence-corrected chi connectivity index (χ0v) is 14.4. The molecule has 0 radical (unpaired) electrons. The van der Waals surface area contributed by atoms with Crippen LogP contribution in [0.4, 0.5) is 5.82 Å². The van der Waals surface area contributed by atoms with E-state index in [0.717, 1.165) is 31.2 Å². The minimum absolute atomic E-state index is 0.394. The number of hydrogen-bond acceptors (Lipinski definition) is 3. The van der Waals surface area contributed by atoms with Gasteiger partial charge >= 0.3 is 0 Å². The predicted molar refractivity (Wildman–Crippen MR) is 91.9 cm³/mol. The number of nitrogens with zero attached hydrogens (tertiary/aromatic N) is 1. The largest absolute Gasteiger partial charge is 0.380 e. The molecule has 1 aromatic heterocycles. The van der Waals surface area contributed by atoms with Crippen molar-refractivity contribution in [3.63, 3.8) is 0 Å². The highest BCUT2D eigenvalue weighted by Gasteiger charge is 2.19.